The van der Waals surface area contributed by atoms with Crippen LogP contribution in [0.1, 0.15) is 18.1 Å². The lowest BCUT2D eigenvalue weighted by Crippen LogP contribution is -2.22. The zero-order valence-corrected chi connectivity index (χ0v) is 15.5. The maximum Gasteiger partial charge on any atom is 0.246 e. The van der Waals surface area contributed by atoms with Gasteiger partial charge in [-0.3, -0.25) is 9.59 Å². The van der Waals surface area contributed by atoms with Crippen molar-refractivity contribution >= 4 is 49.8 Å². The van der Waals surface area contributed by atoms with E-state index in [-0.39, 0.29) is 16.9 Å². The van der Waals surface area contributed by atoms with E-state index in [1.165, 1.54) is 35.7 Å². The molecule has 2 aromatic heterocycles. The molecule has 0 aliphatic heterocycles. The molecule has 0 unspecified atom stereocenters. The Labute approximate surface area is 158 Å². The standard InChI is InChI=1S/C20H15N3O3S/c1-12-7-8-16-18(9-12)27-20(22-16)23(13(2)24)21-10-14-11-26-17-6-4-3-5-15(17)19(14)25/h3-11H,1-2H3/b21-10+. The molecule has 4 rings (SSSR count). The molecule has 2 aromatic carbocycles. The number of thiazole rings is 1. The fourth-order valence-electron chi connectivity index (χ4n) is 2.68. The van der Waals surface area contributed by atoms with Gasteiger partial charge in [-0.1, -0.05) is 29.5 Å². The number of fused-ring (bicyclic) bond motifs is 2. The van der Waals surface area contributed by atoms with Gasteiger partial charge in [0.05, 0.1) is 27.4 Å². The van der Waals surface area contributed by atoms with Crippen molar-refractivity contribution in [1.82, 2.24) is 4.98 Å². The van der Waals surface area contributed by atoms with Gasteiger partial charge in [0.15, 0.2) is 0 Å². The second-order valence-electron chi connectivity index (χ2n) is 6.06. The van der Waals surface area contributed by atoms with Gasteiger partial charge in [-0.25, -0.2) is 4.98 Å². The highest BCUT2D eigenvalue weighted by molar-refractivity contribution is 7.22. The first-order chi connectivity index (χ1) is 13.0. The van der Waals surface area contributed by atoms with Crippen LogP contribution < -0.4 is 10.4 Å². The molecule has 0 fully saturated rings. The highest BCUT2D eigenvalue weighted by atomic mass is 32.1. The van der Waals surface area contributed by atoms with E-state index < -0.39 is 0 Å². The Morgan fingerprint density at radius 1 is 1.26 bits per heavy atom. The van der Waals surface area contributed by atoms with Gasteiger partial charge in [0.2, 0.25) is 16.5 Å². The van der Waals surface area contributed by atoms with Gasteiger partial charge in [0.25, 0.3) is 0 Å². The number of anilines is 1. The lowest BCUT2D eigenvalue weighted by atomic mass is 10.2. The summed E-state index contributed by atoms with van der Waals surface area (Å²) < 4.78 is 6.44. The number of hydrogen-bond donors (Lipinski definition) is 0. The number of benzene rings is 2. The molecule has 0 bridgehead atoms. The van der Waals surface area contributed by atoms with Gasteiger partial charge in [0, 0.05) is 6.92 Å². The Morgan fingerprint density at radius 2 is 2.07 bits per heavy atom. The first kappa shape index (κ1) is 17.1. The van der Waals surface area contributed by atoms with E-state index in [0.29, 0.717) is 16.1 Å². The van der Waals surface area contributed by atoms with Gasteiger partial charge >= 0.3 is 0 Å². The van der Waals surface area contributed by atoms with Gasteiger partial charge in [-0.05, 0) is 36.8 Å². The van der Waals surface area contributed by atoms with Gasteiger partial charge in [-0.2, -0.15) is 10.1 Å². The number of carbonyl (C=O) groups excluding carboxylic acids is 1. The highest BCUT2D eigenvalue weighted by Crippen LogP contribution is 2.29. The molecule has 0 aliphatic rings. The van der Waals surface area contributed by atoms with Crippen LogP contribution >= 0.6 is 11.3 Å². The molecule has 0 saturated heterocycles. The van der Waals surface area contributed by atoms with E-state index in [0.717, 1.165) is 15.8 Å². The second-order valence-corrected chi connectivity index (χ2v) is 7.07. The van der Waals surface area contributed by atoms with Crippen LogP contribution in [0.2, 0.25) is 0 Å². The summed E-state index contributed by atoms with van der Waals surface area (Å²) in [6, 6.07) is 12.9. The minimum absolute atomic E-state index is 0.205. The van der Waals surface area contributed by atoms with E-state index in [4.69, 9.17) is 4.42 Å². The summed E-state index contributed by atoms with van der Waals surface area (Å²) in [5, 5.41) is 6.30. The Kier molecular flexibility index (Phi) is 4.29. The van der Waals surface area contributed by atoms with Crippen molar-refractivity contribution in [1.29, 1.82) is 0 Å². The topological polar surface area (TPSA) is 75.8 Å². The van der Waals surface area contributed by atoms with E-state index in [2.05, 4.69) is 10.1 Å². The zero-order valence-electron chi connectivity index (χ0n) is 14.7. The summed E-state index contributed by atoms with van der Waals surface area (Å²) in [7, 11) is 0. The molecule has 27 heavy (non-hydrogen) atoms. The predicted molar refractivity (Wildman–Crippen MR) is 108 cm³/mol. The molecule has 6 nitrogen and oxygen atoms in total. The van der Waals surface area contributed by atoms with Crippen molar-refractivity contribution in [2.45, 2.75) is 13.8 Å². The van der Waals surface area contributed by atoms with E-state index in [1.807, 2.05) is 25.1 Å². The van der Waals surface area contributed by atoms with Crippen molar-refractivity contribution in [2.75, 3.05) is 5.01 Å². The normalized spacial score (nSPS) is 11.5. The van der Waals surface area contributed by atoms with Gasteiger partial charge in [-0.15, -0.1) is 0 Å². The molecule has 1 amide bonds. The van der Waals surface area contributed by atoms with Crippen LogP contribution in [-0.4, -0.2) is 17.1 Å². The van der Waals surface area contributed by atoms with Crippen LogP contribution in [-0.2, 0) is 4.79 Å². The third-order valence-corrected chi connectivity index (χ3v) is 5.02. The van der Waals surface area contributed by atoms with Crippen LogP contribution in [0.3, 0.4) is 0 Å². The molecule has 0 saturated carbocycles. The molecule has 0 N–H and O–H groups in total. The maximum atomic E-state index is 12.6. The molecule has 0 atom stereocenters. The number of amides is 1. The first-order valence-corrected chi connectivity index (χ1v) is 9.07. The summed E-state index contributed by atoms with van der Waals surface area (Å²) >= 11 is 1.37. The second kappa shape index (κ2) is 6.77. The number of aromatic nitrogens is 1. The fourth-order valence-corrected chi connectivity index (χ4v) is 3.74. The molecular formula is C20H15N3O3S. The molecular weight excluding hydrogens is 362 g/mol. The number of rotatable bonds is 3. The molecule has 2 heterocycles. The first-order valence-electron chi connectivity index (χ1n) is 8.25. The number of hydrazone groups is 1. The quantitative estimate of drug-likeness (QED) is 0.398. The number of nitrogens with zero attached hydrogens (tertiary/aromatic N) is 3. The summed E-state index contributed by atoms with van der Waals surface area (Å²) in [5.41, 5.74) is 2.47. The SMILES string of the molecule is CC(=O)N(/N=C/c1coc2ccccc2c1=O)c1nc2ccc(C)cc2s1. The monoisotopic (exact) mass is 377 g/mol. The van der Waals surface area contributed by atoms with Crippen molar-refractivity contribution in [3.05, 3.63) is 70.1 Å². The van der Waals surface area contributed by atoms with Gasteiger partial charge < -0.3 is 4.42 Å². The minimum atomic E-state index is -0.299. The lowest BCUT2D eigenvalue weighted by Gasteiger charge is -2.10. The molecule has 134 valence electrons. The van der Waals surface area contributed by atoms with E-state index in [1.54, 1.807) is 24.3 Å². The largest absolute Gasteiger partial charge is 0.463 e. The Bertz CT molecular complexity index is 1260. The van der Waals surface area contributed by atoms with Gasteiger partial charge in [0.1, 0.15) is 11.8 Å². The molecule has 4 aromatic rings. The van der Waals surface area contributed by atoms with E-state index >= 15 is 0 Å². The van der Waals surface area contributed by atoms with Crippen LogP contribution in [0.15, 0.2) is 63.0 Å². The fraction of sp³-hybridized carbons (Fsp3) is 0.100. The molecule has 0 radical (unpaired) electrons. The van der Waals surface area contributed by atoms with Crippen LogP contribution in [0, 0.1) is 6.92 Å². The Hall–Kier alpha value is -3.32. The lowest BCUT2D eigenvalue weighted by molar-refractivity contribution is -0.116. The van der Waals surface area contributed by atoms with Crippen molar-refractivity contribution in [3.8, 4) is 0 Å². The van der Waals surface area contributed by atoms with Crippen molar-refractivity contribution < 1.29 is 9.21 Å². The zero-order chi connectivity index (χ0) is 19.0. The van der Waals surface area contributed by atoms with Crippen LogP contribution in [0.25, 0.3) is 21.2 Å². The highest BCUT2D eigenvalue weighted by Gasteiger charge is 2.16. The number of para-hydroxylation sites is 1. The number of hydrogen-bond acceptors (Lipinski definition) is 6. The Balaban J connectivity index is 1.74. The maximum absolute atomic E-state index is 12.6. The minimum Gasteiger partial charge on any atom is -0.463 e. The molecule has 0 aliphatic carbocycles. The van der Waals surface area contributed by atoms with Crippen molar-refractivity contribution in [2.24, 2.45) is 5.10 Å². The third-order valence-electron chi connectivity index (χ3n) is 4.03. The number of aryl methyl sites for hydroxylation is 1. The van der Waals surface area contributed by atoms with Crippen LogP contribution in [0.5, 0.6) is 0 Å². The average molecular weight is 377 g/mol. The molecule has 0 spiro atoms. The molecule has 7 heteroatoms. The summed E-state index contributed by atoms with van der Waals surface area (Å²) in [4.78, 5) is 29.1. The summed E-state index contributed by atoms with van der Waals surface area (Å²) in [5.74, 6) is -0.299. The average Bonchev–Trinajstić information content (AvgIpc) is 3.06. The smallest absolute Gasteiger partial charge is 0.246 e. The number of carbonyl (C=O) groups is 1. The van der Waals surface area contributed by atoms with E-state index in [9.17, 15) is 9.59 Å². The predicted octanol–water partition coefficient (Wildman–Crippen LogP) is 4.10. The van der Waals surface area contributed by atoms with Crippen molar-refractivity contribution in [3.63, 3.8) is 0 Å². The summed E-state index contributed by atoms with van der Waals surface area (Å²) in [6.45, 7) is 3.40. The Morgan fingerprint density at radius 3 is 2.89 bits per heavy atom. The van der Waals surface area contributed by atoms with Crippen LogP contribution in [0.4, 0.5) is 5.13 Å². The summed E-state index contributed by atoms with van der Waals surface area (Å²) in [6.07, 6.45) is 2.67. The third kappa shape index (κ3) is 3.24.